The topological polar surface area (TPSA) is 29.9 Å². The van der Waals surface area contributed by atoms with E-state index in [1.807, 2.05) is 26.4 Å². The van der Waals surface area contributed by atoms with Gasteiger partial charge in [0.15, 0.2) is 0 Å². The second-order valence-corrected chi connectivity index (χ2v) is 4.61. The number of benzene rings is 1. The zero-order chi connectivity index (χ0) is 13.1. The lowest BCUT2D eigenvalue weighted by Crippen LogP contribution is -2.19. The SMILES string of the molecule is CNC(Cc1ccn(C)n1)c1ccc(F)c(Cl)c1. The molecule has 1 heterocycles. The molecule has 0 spiro atoms. The van der Waals surface area contributed by atoms with Crippen molar-refractivity contribution in [2.24, 2.45) is 7.05 Å². The van der Waals surface area contributed by atoms with Crippen LogP contribution in [0.3, 0.4) is 0 Å². The Morgan fingerprint density at radius 1 is 1.44 bits per heavy atom. The molecule has 0 aliphatic rings. The smallest absolute Gasteiger partial charge is 0.141 e. The van der Waals surface area contributed by atoms with Crippen LogP contribution in [0.25, 0.3) is 0 Å². The van der Waals surface area contributed by atoms with Gasteiger partial charge in [-0.15, -0.1) is 0 Å². The molecule has 1 atom stereocenters. The van der Waals surface area contributed by atoms with Gasteiger partial charge >= 0.3 is 0 Å². The molecule has 0 amide bonds. The van der Waals surface area contributed by atoms with Crippen LogP contribution in [0.2, 0.25) is 5.02 Å². The highest BCUT2D eigenvalue weighted by Gasteiger charge is 2.13. The number of hydrogen-bond acceptors (Lipinski definition) is 2. The molecule has 1 N–H and O–H groups in total. The highest BCUT2D eigenvalue weighted by molar-refractivity contribution is 6.30. The van der Waals surface area contributed by atoms with Crippen molar-refractivity contribution in [1.82, 2.24) is 15.1 Å². The molecule has 0 bridgehead atoms. The van der Waals surface area contributed by atoms with Crippen molar-refractivity contribution in [2.45, 2.75) is 12.5 Å². The summed E-state index contributed by atoms with van der Waals surface area (Å²) >= 11 is 5.80. The molecule has 18 heavy (non-hydrogen) atoms. The van der Waals surface area contributed by atoms with Crippen molar-refractivity contribution < 1.29 is 4.39 Å². The summed E-state index contributed by atoms with van der Waals surface area (Å²) in [6.45, 7) is 0. The summed E-state index contributed by atoms with van der Waals surface area (Å²) < 4.78 is 14.9. The third-order valence-corrected chi connectivity index (χ3v) is 3.17. The fraction of sp³-hybridized carbons (Fsp3) is 0.308. The number of aromatic nitrogens is 2. The number of hydrogen-bond donors (Lipinski definition) is 1. The van der Waals surface area contributed by atoms with Crippen molar-refractivity contribution in [3.8, 4) is 0 Å². The van der Waals surface area contributed by atoms with Gasteiger partial charge in [0.2, 0.25) is 0 Å². The van der Waals surface area contributed by atoms with Crippen molar-refractivity contribution in [3.05, 3.63) is 52.6 Å². The van der Waals surface area contributed by atoms with Gasteiger partial charge < -0.3 is 5.32 Å². The monoisotopic (exact) mass is 267 g/mol. The largest absolute Gasteiger partial charge is 0.313 e. The van der Waals surface area contributed by atoms with E-state index in [0.29, 0.717) is 0 Å². The molecular formula is C13H15ClFN3. The van der Waals surface area contributed by atoms with Crippen molar-refractivity contribution >= 4 is 11.6 Å². The van der Waals surface area contributed by atoms with E-state index >= 15 is 0 Å². The molecule has 0 saturated heterocycles. The lowest BCUT2D eigenvalue weighted by atomic mass is 10.0. The van der Waals surface area contributed by atoms with Crippen LogP contribution in [-0.4, -0.2) is 16.8 Å². The number of nitrogens with one attached hydrogen (secondary N) is 1. The summed E-state index contributed by atoms with van der Waals surface area (Å²) in [6, 6.07) is 6.82. The van der Waals surface area contributed by atoms with Gasteiger partial charge in [-0.25, -0.2) is 4.39 Å². The first-order valence-corrected chi connectivity index (χ1v) is 6.08. The third-order valence-electron chi connectivity index (χ3n) is 2.88. The van der Waals surface area contributed by atoms with Crippen LogP contribution in [-0.2, 0) is 13.5 Å². The van der Waals surface area contributed by atoms with Gasteiger partial charge in [-0.2, -0.15) is 5.10 Å². The maximum Gasteiger partial charge on any atom is 0.141 e. The number of rotatable bonds is 4. The van der Waals surface area contributed by atoms with Gasteiger partial charge in [0.25, 0.3) is 0 Å². The predicted molar refractivity (Wildman–Crippen MR) is 70.1 cm³/mol. The van der Waals surface area contributed by atoms with Crippen molar-refractivity contribution in [1.29, 1.82) is 0 Å². The molecule has 0 aliphatic heterocycles. The molecule has 1 aromatic heterocycles. The number of halogens is 2. The van der Waals surface area contributed by atoms with E-state index in [2.05, 4.69) is 10.4 Å². The van der Waals surface area contributed by atoms with E-state index in [-0.39, 0.29) is 11.1 Å². The summed E-state index contributed by atoms with van der Waals surface area (Å²) in [5, 5.41) is 7.67. The van der Waals surface area contributed by atoms with Crippen LogP contribution < -0.4 is 5.32 Å². The normalized spacial score (nSPS) is 12.7. The van der Waals surface area contributed by atoms with Gasteiger partial charge in [0.05, 0.1) is 10.7 Å². The second-order valence-electron chi connectivity index (χ2n) is 4.20. The highest BCUT2D eigenvalue weighted by Crippen LogP contribution is 2.22. The maximum absolute atomic E-state index is 13.1. The zero-order valence-electron chi connectivity index (χ0n) is 10.3. The molecule has 1 aromatic carbocycles. The van der Waals surface area contributed by atoms with E-state index in [9.17, 15) is 4.39 Å². The molecule has 5 heteroatoms. The Balaban J connectivity index is 2.19. The highest BCUT2D eigenvalue weighted by atomic mass is 35.5. The maximum atomic E-state index is 13.1. The van der Waals surface area contributed by atoms with Crippen LogP contribution >= 0.6 is 11.6 Å². The van der Waals surface area contributed by atoms with Crippen LogP contribution in [0.4, 0.5) is 4.39 Å². The first-order valence-electron chi connectivity index (χ1n) is 5.71. The molecule has 0 fully saturated rings. The van der Waals surface area contributed by atoms with Gasteiger partial charge in [0, 0.05) is 25.7 Å². The Hall–Kier alpha value is -1.39. The van der Waals surface area contributed by atoms with Crippen molar-refractivity contribution in [2.75, 3.05) is 7.05 Å². The average molecular weight is 268 g/mol. The van der Waals surface area contributed by atoms with Gasteiger partial charge in [-0.05, 0) is 30.8 Å². The third kappa shape index (κ3) is 2.89. The minimum atomic E-state index is -0.395. The second kappa shape index (κ2) is 5.50. The van der Waals surface area contributed by atoms with E-state index in [1.54, 1.807) is 16.8 Å². The Bertz CT molecular complexity index is 539. The zero-order valence-corrected chi connectivity index (χ0v) is 11.1. The summed E-state index contributed by atoms with van der Waals surface area (Å²) in [6.07, 6.45) is 2.64. The predicted octanol–water partition coefficient (Wildman–Crippen LogP) is 2.72. The average Bonchev–Trinajstić information content (AvgIpc) is 2.75. The first kappa shape index (κ1) is 13.1. The summed E-state index contributed by atoms with van der Waals surface area (Å²) in [5.74, 6) is -0.395. The van der Waals surface area contributed by atoms with Gasteiger partial charge in [0.1, 0.15) is 5.82 Å². The molecular weight excluding hydrogens is 253 g/mol. The summed E-state index contributed by atoms with van der Waals surface area (Å²) in [4.78, 5) is 0. The summed E-state index contributed by atoms with van der Waals surface area (Å²) in [7, 11) is 3.75. The number of aryl methyl sites for hydroxylation is 1. The minimum Gasteiger partial charge on any atom is -0.313 e. The molecule has 2 rings (SSSR count). The molecule has 1 unspecified atom stereocenters. The van der Waals surface area contributed by atoms with E-state index < -0.39 is 5.82 Å². The van der Waals surface area contributed by atoms with Crippen LogP contribution in [0.5, 0.6) is 0 Å². The number of nitrogens with zero attached hydrogens (tertiary/aromatic N) is 2. The molecule has 0 aliphatic carbocycles. The Kier molecular flexibility index (Phi) is 3.99. The Labute approximate surface area is 111 Å². The van der Waals surface area contributed by atoms with Crippen LogP contribution in [0.1, 0.15) is 17.3 Å². The Morgan fingerprint density at radius 2 is 2.22 bits per heavy atom. The molecule has 96 valence electrons. The van der Waals surface area contributed by atoms with Crippen LogP contribution in [0, 0.1) is 5.82 Å². The van der Waals surface area contributed by atoms with Crippen LogP contribution in [0.15, 0.2) is 30.5 Å². The molecule has 3 nitrogen and oxygen atoms in total. The minimum absolute atomic E-state index is 0.0676. The molecule has 2 aromatic rings. The Morgan fingerprint density at radius 3 is 2.78 bits per heavy atom. The molecule has 0 saturated carbocycles. The lowest BCUT2D eigenvalue weighted by Gasteiger charge is -2.15. The van der Waals surface area contributed by atoms with E-state index in [1.165, 1.54) is 6.07 Å². The fourth-order valence-electron chi connectivity index (χ4n) is 1.90. The first-order chi connectivity index (χ1) is 8.60. The summed E-state index contributed by atoms with van der Waals surface area (Å²) in [5.41, 5.74) is 1.94. The molecule has 0 radical (unpaired) electrons. The number of likely N-dealkylation sites (N-methyl/N-ethyl adjacent to an activating group) is 1. The van der Waals surface area contributed by atoms with E-state index in [4.69, 9.17) is 11.6 Å². The van der Waals surface area contributed by atoms with Gasteiger partial charge in [-0.1, -0.05) is 17.7 Å². The lowest BCUT2D eigenvalue weighted by molar-refractivity contribution is 0.573. The van der Waals surface area contributed by atoms with Gasteiger partial charge in [-0.3, -0.25) is 4.68 Å². The van der Waals surface area contributed by atoms with E-state index in [0.717, 1.165) is 17.7 Å². The fourth-order valence-corrected chi connectivity index (χ4v) is 2.09. The van der Waals surface area contributed by atoms with Crippen molar-refractivity contribution in [3.63, 3.8) is 0 Å². The standard InChI is InChI=1S/C13H15ClFN3/c1-16-13(8-10-5-6-18(2)17-10)9-3-4-12(15)11(14)7-9/h3-7,13,16H,8H2,1-2H3. The quantitative estimate of drug-likeness (QED) is 0.923.